The number of benzene rings is 2. The maximum absolute atomic E-state index is 12.0. The van der Waals surface area contributed by atoms with Gasteiger partial charge in [0.1, 0.15) is 12.4 Å². The van der Waals surface area contributed by atoms with Crippen LogP contribution in [0.25, 0.3) is 0 Å². The van der Waals surface area contributed by atoms with E-state index in [0.29, 0.717) is 36.1 Å². The summed E-state index contributed by atoms with van der Waals surface area (Å²) < 4.78 is 21.3. The van der Waals surface area contributed by atoms with Gasteiger partial charge in [-0.1, -0.05) is 17.7 Å². The summed E-state index contributed by atoms with van der Waals surface area (Å²) in [5.74, 6) is 2.16. The summed E-state index contributed by atoms with van der Waals surface area (Å²) in [4.78, 5) is 12.0. The molecule has 2 aromatic carbocycles. The van der Waals surface area contributed by atoms with E-state index < -0.39 is 0 Å². The van der Waals surface area contributed by atoms with Crippen molar-refractivity contribution in [3.05, 3.63) is 42.0 Å². The number of anilines is 1. The Morgan fingerprint density at radius 3 is 2.12 bits per heavy atom. The molecule has 7 nitrogen and oxygen atoms in total. The van der Waals surface area contributed by atoms with Crippen molar-refractivity contribution in [2.45, 2.75) is 6.92 Å². The lowest BCUT2D eigenvalue weighted by Gasteiger charge is -2.15. The van der Waals surface area contributed by atoms with Gasteiger partial charge in [-0.25, -0.2) is 4.79 Å². The predicted octanol–water partition coefficient (Wildman–Crippen LogP) is 3.22. The first-order valence-corrected chi connectivity index (χ1v) is 8.11. The van der Waals surface area contributed by atoms with Gasteiger partial charge in [-0.3, -0.25) is 0 Å². The quantitative estimate of drug-likeness (QED) is 0.707. The third-order valence-electron chi connectivity index (χ3n) is 3.60. The number of aryl methyl sites for hydroxylation is 1. The lowest BCUT2D eigenvalue weighted by molar-refractivity contribution is 0.247. The zero-order valence-corrected chi connectivity index (χ0v) is 15.4. The molecule has 0 saturated heterocycles. The van der Waals surface area contributed by atoms with Crippen LogP contribution >= 0.6 is 0 Å². The highest BCUT2D eigenvalue weighted by Gasteiger charge is 2.14. The fourth-order valence-electron chi connectivity index (χ4n) is 2.30. The third kappa shape index (κ3) is 5.20. The number of urea groups is 1. The van der Waals surface area contributed by atoms with Crippen molar-refractivity contribution in [3.8, 4) is 23.0 Å². The molecule has 0 spiro atoms. The minimum Gasteiger partial charge on any atom is -0.493 e. The van der Waals surface area contributed by atoms with Gasteiger partial charge in [-0.15, -0.1) is 0 Å². The Morgan fingerprint density at radius 2 is 1.58 bits per heavy atom. The zero-order valence-electron chi connectivity index (χ0n) is 15.4. The summed E-state index contributed by atoms with van der Waals surface area (Å²) in [7, 11) is 4.56. The molecule has 0 atom stereocenters. The molecule has 2 rings (SSSR count). The highest BCUT2D eigenvalue weighted by molar-refractivity contribution is 5.90. The fourth-order valence-corrected chi connectivity index (χ4v) is 2.30. The SMILES string of the molecule is COc1cc(NC(=O)NCCOc2ccc(C)cc2)cc(OC)c1OC. The van der Waals surface area contributed by atoms with Gasteiger partial charge >= 0.3 is 6.03 Å². The van der Waals surface area contributed by atoms with Crippen molar-refractivity contribution in [1.82, 2.24) is 5.32 Å². The molecule has 7 heteroatoms. The van der Waals surface area contributed by atoms with Crippen molar-refractivity contribution in [2.24, 2.45) is 0 Å². The Hall–Kier alpha value is -3.09. The first-order valence-electron chi connectivity index (χ1n) is 8.11. The van der Waals surface area contributed by atoms with Crippen molar-refractivity contribution in [2.75, 3.05) is 39.8 Å². The molecule has 0 unspecified atom stereocenters. The van der Waals surface area contributed by atoms with Crippen LogP contribution in [-0.2, 0) is 0 Å². The number of carbonyl (C=O) groups is 1. The number of nitrogens with one attached hydrogen (secondary N) is 2. The molecule has 0 aliphatic rings. The van der Waals surface area contributed by atoms with Crippen LogP contribution in [0.15, 0.2) is 36.4 Å². The van der Waals surface area contributed by atoms with Gasteiger partial charge in [0.2, 0.25) is 5.75 Å². The van der Waals surface area contributed by atoms with Crippen molar-refractivity contribution >= 4 is 11.7 Å². The molecular formula is C19H24N2O5. The van der Waals surface area contributed by atoms with Crippen LogP contribution in [0.4, 0.5) is 10.5 Å². The highest BCUT2D eigenvalue weighted by Crippen LogP contribution is 2.39. The second kappa shape index (κ2) is 9.41. The third-order valence-corrected chi connectivity index (χ3v) is 3.60. The van der Waals surface area contributed by atoms with E-state index in [4.69, 9.17) is 18.9 Å². The summed E-state index contributed by atoms with van der Waals surface area (Å²) in [6, 6.07) is 10.7. The fraction of sp³-hybridized carbons (Fsp3) is 0.316. The van der Waals surface area contributed by atoms with Crippen LogP contribution < -0.4 is 29.6 Å². The standard InChI is InChI=1S/C19H24N2O5/c1-13-5-7-15(8-6-13)26-10-9-20-19(22)21-14-11-16(23-2)18(25-4)17(12-14)24-3/h5-8,11-12H,9-10H2,1-4H3,(H2,20,21,22). The van der Waals surface area contributed by atoms with Gasteiger partial charge < -0.3 is 29.6 Å². The summed E-state index contributed by atoms with van der Waals surface area (Å²) in [6.07, 6.45) is 0. The normalized spacial score (nSPS) is 10.0. The number of methoxy groups -OCH3 is 3. The molecule has 0 radical (unpaired) electrons. The number of hydrogen-bond donors (Lipinski definition) is 2. The van der Waals surface area contributed by atoms with Crippen LogP contribution in [-0.4, -0.2) is 40.5 Å². The molecule has 0 fully saturated rings. The number of amides is 2. The minimum absolute atomic E-state index is 0.355. The van der Waals surface area contributed by atoms with Gasteiger partial charge in [0.05, 0.1) is 33.6 Å². The second-order valence-corrected chi connectivity index (χ2v) is 5.46. The largest absolute Gasteiger partial charge is 0.493 e. The number of hydrogen-bond acceptors (Lipinski definition) is 5. The van der Waals surface area contributed by atoms with Crippen LogP contribution in [0.2, 0.25) is 0 Å². The van der Waals surface area contributed by atoms with Crippen molar-refractivity contribution in [1.29, 1.82) is 0 Å². The van der Waals surface area contributed by atoms with Crippen molar-refractivity contribution in [3.63, 3.8) is 0 Å². The molecule has 0 aliphatic heterocycles. The summed E-state index contributed by atoms with van der Waals surface area (Å²) >= 11 is 0. The molecule has 2 aromatic rings. The summed E-state index contributed by atoms with van der Waals surface area (Å²) in [5, 5.41) is 5.46. The van der Waals surface area contributed by atoms with E-state index in [1.807, 2.05) is 31.2 Å². The van der Waals surface area contributed by atoms with Gasteiger partial charge in [-0.2, -0.15) is 0 Å². The lowest BCUT2D eigenvalue weighted by atomic mass is 10.2. The Kier molecular flexibility index (Phi) is 6.96. The maximum Gasteiger partial charge on any atom is 0.319 e. The Balaban J connectivity index is 1.86. The number of ether oxygens (including phenoxy) is 4. The van der Waals surface area contributed by atoms with E-state index in [1.54, 1.807) is 12.1 Å². The van der Waals surface area contributed by atoms with Crippen LogP contribution in [0.1, 0.15) is 5.56 Å². The maximum atomic E-state index is 12.0. The monoisotopic (exact) mass is 360 g/mol. The molecule has 0 heterocycles. The van der Waals surface area contributed by atoms with E-state index in [-0.39, 0.29) is 6.03 Å². The average molecular weight is 360 g/mol. The first kappa shape index (κ1) is 19.2. The molecular weight excluding hydrogens is 336 g/mol. The minimum atomic E-state index is -0.355. The summed E-state index contributed by atoms with van der Waals surface area (Å²) in [6.45, 7) is 2.74. The van der Waals surface area contributed by atoms with Gasteiger partial charge in [0.15, 0.2) is 11.5 Å². The average Bonchev–Trinajstić information content (AvgIpc) is 2.65. The topological polar surface area (TPSA) is 78.1 Å². The van der Waals surface area contributed by atoms with E-state index in [1.165, 1.54) is 26.9 Å². The van der Waals surface area contributed by atoms with E-state index >= 15 is 0 Å². The molecule has 0 aliphatic carbocycles. The Bertz CT molecular complexity index is 706. The summed E-state index contributed by atoms with van der Waals surface area (Å²) in [5.41, 5.74) is 1.69. The van der Waals surface area contributed by atoms with E-state index in [9.17, 15) is 4.79 Å². The van der Waals surface area contributed by atoms with Crippen LogP contribution in [0.5, 0.6) is 23.0 Å². The molecule has 140 valence electrons. The van der Waals surface area contributed by atoms with Gasteiger partial charge in [-0.05, 0) is 19.1 Å². The smallest absolute Gasteiger partial charge is 0.319 e. The Labute approximate surface area is 153 Å². The zero-order chi connectivity index (χ0) is 18.9. The van der Waals surface area contributed by atoms with Crippen LogP contribution in [0.3, 0.4) is 0 Å². The van der Waals surface area contributed by atoms with E-state index in [2.05, 4.69) is 10.6 Å². The molecule has 2 amide bonds. The first-order chi connectivity index (χ1) is 12.6. The molecule has 0 bridgehead atoms. The molecule has 2 N–H and O–H groups in total. The lowest BCUT2D eigenvalue weighted by Crippen LogP contribution is -2.32. The molecule has 0 aromatic heterocycles. The van der Waals surface area contributed by atoms with Crippen molar-refractivity contribution < 1.29 is 23.7 Å². The second-order valence-electron chi connectivity index (χ2n) is 5.46. The van der Waals surface area contributed by atoms with Gasteiger partial charge in [0.25, 0.3) is 0 Å². The molecule has 26 heavy (non-hydrogen) atoms. The number of carbonyl (C=O) groups excluding carboxylic acids is 1. The van der Waals surface area contributed by atoms with Crippen LogP contribution in [0, 0.1) is 6.92 Å². The van der Waals surface area contributed by atoms with Gasteiger partial charge in [0, 0.05) is 12.1 Å². The predicted molar refractivity (Wildman–Crippen MR) is 99.8 cm³/mol. The highest BCUT2D eigenvalue weighted by atomic mass is 16.5. The molecule has 0 saturated carbocycles. The van der Waals surface area contributed by atoms with E-state index in [0.717, 1.165) is 5.75 Å². The Morgan fingerprint density at radius 1 is 0.962 bits per heavy atom. The number of rotatable bonds is 8.